The fraction of sp³-hybridized carbons (Fsp3) is 0.381. The van der Waals surface area contributed by atoms with Gasteiger partial charge in [0.1, 0.15) is 13.2 Å². The Labute approximate surface area is 170 Å². The van der Waals surface area contributed by atoms with Crippen LogP contribution < -0.4 is 14.4 Å². The first-order chi connectivity index (χ1) is 14.0. The predicted molar refractivity (Wildman–Crippen MR) is 109 cm³/mol. The molecule has 0 atom stereocenters. The van der Waals surface area contributed by atoms with E-state index in [0.29, 0.717) is 31.3 Å². The molecule has 7 nitrogen and oxygen atoms in total. The molecule has 2 aliphatic heterocycles. The second-order valence-corrected chi connectivity index (χ2v) is 9.24. The van der Waals surface area contributed by atoms with Gasteiger partial charge in [-0.1, -0.05) is 18.2 Å². The van der Waals surface area contributed by atoms with Crippen molar-refractivity contribution < 1.29 is 22.7 Å². The molecule has 2 aliphatic rings. The molecule has 154 valence electrons. The molecular formula is C21H24N2O5S. The first-order valence-electron chi connectivity index (χ1n) is 9.71. The molecule has 0 aliphatic carbocycles. The summed E-state index contributed by atoms with van der Waals surface area (Å²) >= 11 is 0. The van der Waals surface area contributed by atoms with E-state index in [1.54, 1.807) is 11.0 Å². The summed E-state index contributed by atoms with van der Waals surface area (Å²) in [6.07, 6.45) is 2.82. The van der Waals surface area contributed by atoms with E-state index in [0.717, 1.165) is 34.8 Å². The third-order valence-electron chi connectivity index (χ3n) is 5.24. The highest BCUT2D eigenvalue weighted by Crippen LogP contribution is 2.33. The highest BCUT2D eigenvalue weighted by Gasteiger charge is 2.28. The minimum absolute atomic E-state index is 0.0771. The van der Waals surface area contributed by atoms with E-state index in [1.165, 1.54) is 19.2 Å². The number of anilines is 1. The first kappa shape index (κ1) is 19.7. The van der Waals surface area contributed by atoms with Crippen LogP contribution in [0.15, 0.2) is 47.4 Å². The number of sulfonamides is 1. The molecule has 1 amide bonds. The minimum atomic E-state index is -3.84. The quantitative estimate of drug-likeness (QED) is 0.765. The lowest BCUT2D eigenvalue weighted by Crippen LogP contribution is -2.41. The Morgan fingerprint density at radius 1 is 1.07 bits per heavy atom. The number of likely N-dealkylation sites (N-methyl/N-ethyl adjacent to an activating group) is 1. The van der Waals surface area contributed by atoms with Crippen molar-refractivity contribution in [3.05, 3.63) is 48.0 Å². The molecule has 0 spiro atoms. The van der Waals surface area contributed by atoms with Crippen molar-refractivity contribution in [1.82, 2.24) is 4.31 Å². The Bertz CT molecular complexity index is 1020. The Balaban J connectivity index is 1.54. The molecular weight excluding hydrogens is 392 g/mol. The fourth-order valence-electron chi connectivity index (χ4n) is 3.68. The van der Waals surface area contributed by atoms with Gasteiger partial charge in [-0.15, -0.1) is 0 Å². The van der Waals surface area contributed by atoms with Gasteiger partial charge in [0.15, 0.2) is 11.5 Å². The number of aryl methyl sites for hydroxylation is 1. The lowest BCUT2D eigenvalue weighted by atomic mass is 10.1. The second-order valence-electron chi connectivity index (χ2n) is 7.20. The maximum atomic E-state index is 13.0. The molecule has 0 fully saturated rings. The number of hydrogen-bond donors (Lipinski definition) is 0. The molecule has 0 unspecified atom stereocenters. The van der Waals surface area contributed by atoms with Gasteiger partial charge in [-0.3, -0.25) is 4.79 Å². The van der Waals surface area contributed by atoms with Crippen molar-refractivity contribution in [2.45, 2.75) is 24.2 Å². The second kappa shape index (κ2) is 8.04. The summed E-state index contributed by atoms with van der Waals surface area (Å²) < 4.78 is 38.0. The smallest absolute Gasteiger partial charge is 0.243 e. The number of ether oxygens (including phenoxy) is 2. The standard InChI is InChI=1S/C21H24N2O5S/c1-22(29(25,26)17-9-10-19-20(14-17)28-13-12-27-19)15-21(24)23-11-5-4-7-16-6-2-3-8-18(16)23/h2-3,6,8-10,14H,4-5,7,11-13,15H2,1H3. The summed E-state index contributed by atoms with van der Waals surface area (Å²) in [5, 5.41) is 0. The number of rotatable bonds is 4. The van der Waals surface area contributed by atoms with E-state index < -0.39 is 10.0 Å². The Kier molecular flexibility index (Phi) is 5.47. The Morgan fingerprint density at radius 3 is 2.66 bits per heavy atom. The summed E-state index contributed by atoms with van der Waals surface area (Å²) in [6, 6.07) is 12.3. The minimum Gasteiger partial charge on any atom is -0.486 e. The van der Waals surface area contributed by atoms with Gasteiger partial charge in [-0.25, -0.2) is 8.42 Å². The van der Waals surface area contributed by atoms with Gasteiger partial charge in [0.25, 0.3) is 0 Å². The van der Waals surface area contributed by atoms with E-state index in [9.17, 15) is 13.2 Å². The molecule has 2 heterocycles. The van der Waals surface area contributed by atoms with Crippen molar-refractivity contribution in [2.75, 3.05) is 38.3 Å². The highest BCUT2D eigenvalue weighted by molar-refractivity contribution is 7.89. The third kappa shape index (κ3) is 3.95. The number of hydrogen-bond acceptors (Lipinski definition) is 5. The lowest BCUT2D eigenvalue weighted by molar-refractivity contribution is -0.118. The van der Waals surface area contributed by atoms with E-state index in [-0.39, 0.29) is 17.3 Å². The van der Waals surface area contributed by atoms with Crippen LogP contribution in [0, 0.1) is 0 Å². The van der Waals surface area contributed by atoms with E-state index in [1.807, 2.05) is 24.3 Å². The number of carbonyl (C=O) groups excluding carboxylic acids is 1. The molecule has 0 saturated carbocycles. The van der Waals surface area contributed by atoms with Crippen LogP contribution in [0.25, 0.3) is 0 Å². The Hall–Kier alpha value is -2.58. The number of para-hydroxylation sites is 1. The number of benzene rings is 2. The van der Waals surface area contributed by atoms with Crippen LogP contribution in [0.5, 0.6) is 11.5 Å². The van der Waals surface area contributed by atoms with Crippen molar-refractivity contribution in [3.63, 3.8) is 0 Å². The maximum Gasteiger partial charge on any atom is 0.243 e. The zero-order chi connectivity index (χ0) is 20.4. The van der Waals surface area contributed by atoms with Gasteiger partial charge in [-0.2, -0.15) is 4.31 Å². The number of nitrogens with zero attached hydrogens (tertiary/aromatic N) is 2. The van der Waals surface area contributed by atoms with Crippen LogP contribution in [0.4, 0.5) is 5.69 Å². The predicted octanol–water partition coefficient (Wildman–Crippen LogP) is 2.45. The molecule has 0 radical (unpaired) electrons. The zero-order valence-electron chi connectivity index (χ0n) is 16.3. The lowest BCUT2D eigenvalue weighted by Gasteiger charge is -2.26. The summed E-state index contributed by atoms with van der Waals surface area (Å²) in [5.41, 5.74) is 2.00. The van der Waals surface area contributed by atoms with Gasteiger partial charge in [0.2, 0.25) is 15.9 Å². The average molecular weight is 416 g/mol. The summed E-state index contributed by atoms with van der Waals surface area (Å²) in [4.78, 5) is 14.8. The first-order valence-corrected chi connectivity index (χ1v) is 11.1. The van der Waals surface area contributed by atoms with E-state index in [2.05, 4.69) is 0 Å². The van der Waals surface area contributed by atoms with Crippen LogP contribution >= 0.6 is 0 Å². The van der Waals surface area contributed by atoms with Gasteiger partial charge < -0.3 is 14.4 Å². The van der Waals surface area contributed by atoms with Crippen LogP contribution in [0.3, 0.4) is 0 Å². The average Bonchev–Trinajstić information content (AvgIpc) is 2.96. The number of carbonyl (C=O) groups is 1. The van der Waals surface area contributed by atoms with Crippen molar-refractivity contribution in [3.8, 4) is 11.5 Å². The van der Waals surface area contributed by atoms with Gasteiger partial charge in [-0.05, 0) is 43.0 Å². The van der Waals surface area contributed by atoms with Crippen LogP contribution in [0.1, 0.15) is 18.4 Å². The van der Waals surface area contributed by atoms with Crippen molar-refractivity contribution in [2.24, 2.45) is 0 Å². The number of amides is 1. The molecule has 2 aromatic rings. The van der Waals surface area contributed by atoms with Crippen LogP contribution in [-0.2, 0) is 21.2 Å². The van der Waals surface area contributed by atoms with Crippen molar-refractivity contribution in [1.29, 1.82) is 0 Å². The molecule has 4 rings (SSSR count). The molecule has 29 heavy (non-hydrogen) atoms. The van der Waals surface area contributed by atoms with E-state index >= 15 is 0 Å². The largest absolute Gasteiger partial charge is 0.486 e. The summed E-state index contributed by atoms with van der Waals surface area (Å²) in [7, 11) is -2.42. The third-order valence-corrected chi connectivity index (χ3v) is 7.04. The summed E-state index contributed by atoms with van der Waals surface area (Å²) in [6.45, 7) is 1.17. The van der Waals surface area contributed by atoms with E-state index in [4.69, 9.17) is 9.47 Å². The highest BCUT2D eigenvalue weighted by atomic mass is 32.2. The molecule has 0 N–H and O–H groups in total. The number of fused-ring (bicyclic) bond motifs is 2. The molecule has 0 saturated heterocycles. The molecule has 8 heteroatoms. The van der Waals surface area contributed by atoms with Crippen LogP contribution in [0.2, 0.25) is 0 Å². The van der Waals surface area contributed by atoms with Crippen LogP contribution in [-0.4, -0.2) is 52.0 Å². The van der Waals surface area contributed by atoms with Gasteiger partial charge >= 0.3 is 0 Å². The Morgan fingerprint density at radius 2 is 1.83 bits per heavy atom. The molecule has 0 aromatic heterocycles. The fourth-order valence-corrected chi connectivity index (χ4v) is 4.81. The van der Waals surface area contributed by atoms with Gasteiger partial charge in [0.05, 0.1) is 11.4 Å². The molecule has 2 aromatic carbocycles. The maximum absolute atomic E-state index is 13.0. The SMILES string of the molecule is CN(CC(=O)N1CCCCc2ccccc21)S(=O)(=O)c1ccc2c(c1)OCCO2. The molecule has 0 bridgehead atoms. The van der Waals surface area contributed by atoms with Gasteiger partial charge in [0, 0.05) is 25.3 Å². The summed E-state index contributed by atoms with van der Waals surface area (Å²) in [5.74, 6) is 0.691. The normalized spacial score (nSPS) is 16.3. The van der Waals surface area contributed by atoms with Crippen molar-refractivity contribution >= 4 is 21.6 Å². The zero-order valence-corrected chi connectivity index (χ0v) is 17.2. The topological polar surface area (TPSA) is 76.2 Å². The monoisotopic (exact) mass is 416 g/mol.